The molecule has 0 aliphatic rings. The van der Waals surface area contributed by atoms with Gasteiger partial charge >= 0.3 is 11.9 Å². The molecule has 28 heavy (non-hydrogen) atoms. The SMILES string of the molecule is C[C@H](NC(=O)[C@@H](Cc1cnc[nH]1)NC(=O)CN)C(=O)N[C@@H](CC(=O)O)C(=O)O. The Labute approximate surface area is 159 Å². The summed E-state index contributed by atoms with van der Waals surface area (Å²) in [6.07, 6.45) is 2.06. The third-order valence-electron chi connectivity index (χ3n) is 3.56. The molecule has 0 aliphatic heterocycles. The predicted octanol–water partition coefficient (Wildman–Crippen LogP) is -3.06. The smallest absolute Gasteiger partial charge is 0.326 e. The number of nitrogens with two attached hydrogens (primary N) is 1. The van der Waals surface area contributed by atoms with Gasteiger partial charge in [0.1, 0.15) is 18.1 Å². The van der Waals surface area contributed by atoms with Gasteiger partial charge in [0.05, 0.1) is 19.3 Å². The third kappa shape index (κ3) is 7.41. The van der Waals surface area contributed by atoms with E-state index in [2.05, 4.69) is 20.6 Å². The van der Waals surface area contributed by atoms with E-state index in [0.29, 0.717) is 5.69 Å². The highest BCUT2D eigenvalue weighted by Crippen LogP contribution is 2.01. The summed E-state index contributed by atoms with van der Waals surface area (Å²) in [5.41, 5.74) is 5.78. The fourth-order valence-corrected chi connectivity index (χ4v) is 2.13. The lowest BCUT2D eigenvalue weighted by Gasteiger charge is -2.21. The number of nitrogens with zero attached hydrogens (tertiary/aromatic N) is 1. The number of aliphatic carboxylic acids is 2. The first-order valence-electron chi connectivity index (χ1n) is 8.16. The van der Waals surface area contributed by atoms with Gasteiger partial charge in [-0.15, -0.1) is 0 Å². The van der Waals surface area contributed by atoms with E-state index in [9.17, 15) is 24.0 Å². The Kier molecular flexibility index (Phi) is 8.55. The summed E-state index contributed by atoms with van der Waals surface area (Å²) in [7, 11) is 0. The Morgan fingerprint density at radius 3 is 2.29 bits per heavy atom. The molecule has 13 heteroatoms. The van der Waals surface area contributed by atoms with Crippen LogP contribution in [0.5, 0.6) is 0 Å². The van der Waals surface area contributed by atoms with E-state index in [-0.39, 0.29) is 13.0 Å². The minimum Gasteiger partial charge on any atom is -0.481 e. The van der Waals surface area contributed by atoms with Gasteiger partial charge in [0, 0.05) is 18.3 Å². The highest BCUT2D eigenvalue weighted by atomic mass is 16.4. The molecule has 0 bridgehead atoms. The Morgan fingerprint density at radius 2 is 1.79 bits per heavy atom. The molecule has 1 heterocycles. The number of carbonyl (C=O) groups is 5. The number of carbonyl (C=O) groups excluding carboxylic acids is 3. The summed E-state index contributed by atoms with van der Waals surface area (Å²) < 4.78 is 0. The normalized spacial score (nSPS) is 13.6. The van der Waals surface area contributed by atoms with Crippen molar-refractivity contribution in [3.05, 3.63) is 18.2 Å². The van der Waals surface area contributed by atoms with Gasteiger partial charge in [-0.05, 0) is 6.92 Å². The van der Waals surface area contributed by atoms with Crippen LogP contribution in [0.2, 0.25) is 0 Å². The maximum Gasteiger partial charge on any atom is 0.326 e. The number of hydrogen-bond donors (Lipinski definition) is 7. The van der Waals surface area contributed by atoms with Crippen LogP contribution in [0.3, 0.4) is 0 Å². The van der Waals surface area contributed by atoms with Crippen LogP contribution in [0.15, 0.2) is 12.5 Å². The van der Waals surface area contributed by atoms with Gasteiger partial charge in [-0.3, -0.25) is 19.2 Å². The Hall–Kier alpha value is -3.48. The summed E-state index contributed by atoms with van der Waals surface area (Å²) in [5, 5.41) is 24.4. The second kappa shape index (κ2) is 10.6. The maximum atomic E-state index is 12.4. The van der Waals surface area contributed by atoms with Crippen LogP contribution >= 0.6 is 0 Å². The first-order valence-corrected chi connectivity index (χ1v) is 8.16. The maximum absolute atomic E-state index is 12.4. The van der Waals surface area contributed by atoms with Gasteiger partial charge in [0.25, 0.3) is 0 Å². The molecule has 3 atom stereocenters. The molecule has 0 radical (unpaired) electrons. The monoisotopic (exact) mass is 398 g/mol. The number of aromatic amines is 1. The van der Waals surface area contributed by atoms with Gasteiger partial charge in [-0.1, -0.05) is 0 Å². The number of amides is 3. The van der Waals surface area contributed by atoms with Crippen LogP contribution in [-0.4, -0.2) is 74.5 Å². The van der Waals surface area contributed by atoms with Crippen LogP contribution < -0.4 is 21.7 Å². The van der Waals surface area contributed by atoms with Crippen LogP contribution in [0, 0.1) is 0 Å². The van der Waals surface area contributed by atoms with Crippen molar-refractivity contribution in [1.82, 2.24) is 25.9 Å². The number of rotatable bonds is 11. The standard InChI is InChI=1S/C15H22N6O7/c1-7(13(25)21-10(15(27)28)3-12(23)24)19-14(26)9(20-11(22)4-16)2-8-5-17-6-18-8/h5-7,9-10H,2-4,16H2,1H3,(H,17,18)(H,19,26)(H,20,22)(H,21,25)(H,23,24)(H,27,28)/t7-,9+,10-/m0/s1. The Bertz CT molecular complexity index is 720. The molecular formula is C15H22N6O7. The van der Waals surface area contributed by atoms with Crippen molar-refractivity contribution in [1.29, 1.82) is 0 Å². The summed E-state index contributed by atoms with van der Waals surface area (Å²) >= 11 is 0. The molecule has 1 aromatic heterocycles. The number of aromatic nitrogens is 2. The zero-order valence-corrected chi connectivity index (χ0v) is 15.0. The second-order valence-corrected chi connectivity index (χ2v) is 5.83. The van der Waals surface area contributed by atoms with Crippen molar-refractivity contribution in [3.8, 4) is 0 Å². The molecule has 0 saturated heterocycles. The van der Waals surface area contributed by atoms with Crippen molar-refractivity contribution < 1.29 is 34.2 Å². The number of carboxylic acid groups (broad SMARTS) is 2. The molecule has 8 N–H and O–H groups in total. The Balaban J connectivity index is 2.75. The highest BCUT2D eigenvalue weighted by Gasteiger charge is 2.28. The first-order chi connectivity index (χ1) is 13.1. The van der Waals surface area contributed by atoms with E-state index in [1.807, 2.05) is 5.32 Å². The van der Waals surface area contributed by atoms with Crippen LogP contribution in [0.4, 0.5) is 0 Å². The number of carboxylic acids is 2. The zero-order valence-electron chi connectivity index (χ0n) is 15.0. The van der Waals surface area contributed by atoms with E-state index in [1.54, 1.807) is 0 Å². The molecule has 13 nitrogen and oxygen atoms in total. The van der Waals surface area contributed by atoms with Crippen LogP contribution in [0.25, 0.3) is 0 Å². The van der Waals surface area contributed by atoms with E-state index >= 15 is 0 Å². The lowest BCUT2D eigenvalue weighted by molar-refractivity contribution is -0.147. The topological polar surface area (TPSA) is 217 Å². The van der Waals surface area contributed by atoms with Crippen LogP contribution in [-0.2, 0) is 30.4 Å². The van der Waals surface area contributed by atoms with Gasteiger partial charge in [0.15, 0.2) is 0 Å². The number of imidazole rings is 1. The molecule has 0 fully saturated rings. The lowest BCUT2D eigenvalue weighted by Crippen LogP contribution is -2.56. The van der Waals surface area contributed by atoms with Crippen molar-refractivity contribution >= 4 is 29.7 Å². The minimum atomic E-state index is -1.65. The van der Waals surface area contributed by atoms with Crippen LogP contribution in [0.1, 0.15) is 19.0 Å². The zero-order chi connectivity index (χ0) is 21.3. The first kappa shape index (κ1) is 22.6. The van der Waals surface area contributed by atoms with Gasteiger partial charge in [-0.25, -0.2) is 9.78 Å². The summed E-state index contributed by atoms with van der Waals surface area (Å²) in [4.78, 5) is 64.4. The average Bonchev–Trinajstić information content (AvgIpc) is 3.12. The van der Waals surface area contributed by atoms with Gasteiger partial charge in [0.2, 0.25) is 17.7 Å². The molecule has 1 aromatic rings. The number of nitrogens with one attached hydrogen (secondary N) is 4. The predicted molar refractivity (Wildman–Crippen MR) is 92.7 cm³/mol. The number of H-pyrrole nitrogens is 1. The fraction of sp³-hybridized carbons (Fsp3) is 0.467. The molecule has 3 amide bonds. The quantitative estimate of drug-likeness (QED) is 0.201. The molecule has 0 unspecified atom stereocenters. The molecule has 0 spiro atoms. The summed E-state index contributed by atoms with van der Waals surface area (Å²) in [5.74, 6) is -5.14. The van der Waals surface area contributed by atoms with Gasteiger partial charge < -0.3 is 36.9 Å². The summed E-state index contributed by atoms with van der Waals surface area (Å²) in [6, 6.07) is -3.91. The van der Waals surface area contributed by atoms with E-state index < -0.39 is 54.2 Å². The van der Waals surface area contributed by atoms with Crippen molar-refractivity contribution in [2.24, 2.45) is 5.73 Å². The summed E-state index contributed by atoms with van der Waals surface area (Å²) in [6.45, 7) is 0.934. The molecule has 1 rings (SSSR count). The van der Waals surface area contributed by atoms with Crippen molar-refractivity contribution in [2.75, 3.05) is 6.54 Å². The molecule has 154 valence electrons. The third-order valence-corrected chi connectivity index (χ3v) is 3.56. The van der Waals surface area contributed by atoms with Crippen molar-refractivity contribution in [3.63, 3.8) is 0 Å². The van der Waals surface area contributed by atoms with E-state index in [0.717, 1.165) is 0 Å². The molecule has 0 aliphatic carbocycles. The molecular weight excluding hydrogens is 376 g/mol. The van der Waals surface area contributed by atoms with E-state index in [4.69, 9.17) is 15.9 Å². The van der Waals surface area contributed by atoms with Crippen molar-refractivity contribution in [2.45, 2.75) is 37.9 Å². The highest BCUT2D eigenvalue weighted by molar-refractivity contribution is 5.94. The largest absolute Gasteiger partial charge is 0.481 e. The Morgan fingerprint density at radius 1 is 1.11 bits per heavy atom. The fourth-order valence-electron chi connectivity index (χ4n) is 2.13. The molecule has 0 saturated carbocycles. The van der Waals surface area contributed by atoms with Gasteiger partial charge in [-0.2, -0.15) is 0 Å². The average molecular weight is 398 g/mol. The number of hydrogen-bond acceptors (Lipinski definition) is 7. The lowest BCUT2D eigenvalue weighted by atomic mass is 10.1. The minimum absolute atomic E-state index is 0.0443. The molecule has 0 aromatic carbocycles. The second-order valence-electron chi connectivity index (χ2n) is 5.83. The van der Waals surface area contributed by atoms with E-state index in [1.165, 1.54) is 19.4 Å².